The maximum absolute atomic E-state index is 13.2. The minimum atomic E-state index is -0.124. The molecule has 0 saturated heterocycles. The summed E-state index contributed by atoms with van der Waals surface area (Å²) >= 11 is 0. The fourth-order valence-corrected chi connectivity index (χ4v) is 4.19. The smallest absolute Gasteiger partial charge is 0.281 e. The number of hydrogen-bond acceptors (Lipinski definition) is 3. The zero-order valence-electron chi connectivity index (χ0n) is 18.8. The topological polar surface area (TPSA) is 68.9 Å². The molecule has 6 heteroatoms. The fourth-order valence-electron chi connectivity index (χ4n) is 4.19. The molecule has 0 aliphatic carbocycles. The van der Waals surface area contributed by atoms with E-state index in [2.05, 4.69) is 28.0 Å². The zero-order valence-corrected chi connectivity index (χ0v) is 18.8. The minimum absolute atomic E-state index is 0.00151. The van der Waals surface area contributed by atoms with E-state index >= 15 is 0 Å². The minimum Gasteiger partial charge on any atom is -0.348 e. The molecule has 4 rings (SSSR count). The second-order valence-electron chi connectivity index (χ2n) is 8.01. The number of nitrogens with zero attached hydrogens (tertiary/aromatic N) is 3. The lowest BCUT2D eigenvalue weighted by molar-refractivity contribution is -0.116. The van der Waals surface area contributed by atoms with Crippen LogP contribution in [0.5, 0.6) is 0 Å². The highest BCUT2D eigenvalue weighted by Gasteiger charge is 2.17. The van der Waals surface area contributed by atoms with Crippen LogP contribution in [0.1, 0.15) is 36.7 Å². The van der Waals surface area contributed by atoms with Crippen LogP contribution in [-0.4, -0.2) is 20.3 Å². The number of aromatic nitrogens is 3. The van der Waals surface area contributed by atoms with Crippen molar-refractivity contribution in [1.29, 1.82) is 0 Å². The molecule has 164 valence electrons. The molecule has 6 nitrogen and oxygen atoms in total. The van der Waals surface area contributed by atoms with Gasteiger partial charge in [0.1, 0.15) is 0 Å². The summed E-state index contributed by atoms with van der Waals surface area (Å²) in [6.45, 7) is 6.72. The summed E-state index contributed by atoms with van der Waals surface area (Å²) in [5, 5.41) is 8.91. The van der Waals surface area contributed by atoms with Crippen molar-refractivity contribution in [3.05, 3.63) is 88.1 Å². The van der Waals surface area contributed by atoms with E-state index in [-0.39, 0.29) is 11.5 Å². The van der Waals surface area contributed by atoms with Gasteiger partial charge in [-0.3, -0.25) is 9.59 Å². The Morgan fingerprint density at radius 1 is 1.03 bits per heavy atom. The van der Waals surface area contributed by atoms with Crippen LogP contribution in [0.15, 0.2) is 65.6 Å². The van der Waals surface area contributed by atoms with Crippen molar-refractivity contribution in [2.45, 2.75) is 46.6 Å². The molecule has 2 aromatic carbocycles. The van der Waals surface area contributed by atoms with Gasteiger partial charge in [-0.2, -0.15) is 9.78 Å². The Balaban J connectivity index is 1.50. The number of carbonyl (C=O) groups excluding carboxylic acids is 1. The number of carbonyl (C=O) groups is 1. The van der Waals surface area contributed by atoms with Gasteiger partial charge in [-0.15, -0.1) is 0 Å². The number of rotatable bonds is 7. The molecule has 0 spiro atoms. The molecular formula is C26H28N4O2. The maximum Gasteiger partial charge on any atom is 0.281 e. The lowest BCUT2D eigenvalue weighted by Gasteiger charge is -2.10. The number of aryl methyl sites for hydroxylation is 3. The first-order chi connectivity index (χ1) is 15.5. The number of hydrogen-bond donors (Lipinski definition) is 1. The zero-order chi connectivity index (χ0) is 22.7. The first-order valence-corrected chi connectivity index (χ1v) is 11.0. The van der Waals surface area contributed by atoms with Gasteiger partial charge in [0, 0.05) is 35.4 Å². The molecule has 0 radical (unpaired) electrons. The molecule has 0 aliphatic rings. The predicted molar refractivity (Wildman–Crippen MR) is 128 cm³/mol. The summed E-state index contributed by atoms with van der Waals surface area (Å²) in [4.78, 5) is 25.6. The average Bonchev–Trinajstić information content (AvgIpc) is 3.05. The van der Waals surface area contributed by atoms with Crippen molar-refractivity contribution in [3.8, 4) is 5.69 Å². The molecular weight excluding hydrogens is 400 g/mol. The summed E-state index contributed by atoms with van der Waals surface area (Å²) in [5.74, 6) is -0.00151. The summed E-state index contributed by atoms with van der Waals surface area (Å²) in [6.07, 6.45) is 3.79. The van der Waals surface area contributed by atoms with E-state index in [4.69, 9.17) is 0 Å². The summed E-state index contributed by atoms with van der Waals surface area (Å²) in [7, 11) is 0. The van der Waals surface area contributed by atoms with Crippen LogP contribution in [0.25, 0.3) is 16.5 Å². The maximum atomic E-state index is 13.2. The van der Waals surface area contributed by atoms with Crippen LogP contribution < -0.4 is 10.9 Å². The highest BCUT2D eigenvalue weighted by atomic mass is 16.1. The van der Waals surface area contributed by atoms with Gasteiger partial charge >= 0.3 is 0 Å². The Morgan fingerprint density at radius 2 is 1.81 bits per heavy atom. The average molecular weight is 429 g/mol. The second-order valence-corrected chi connectivity index (χ2v) is 8.01. The Labute approximate surface area is 187 Å². The van der Waals surface area contributed by atoms with E-state index in [9.17, 15) is 9.59 Å². The van der Waals surface area contributed by atoms with E-state index in [1.807, 2.05) is 62.4 Å². The van der Waals surface area contributed by atoms with Crippen molar-refractivity contribution < 1.29 is 4.79 Å². The third-order valence-corrected chi connectivity index (χ3v) is 5.94. The van der Waals surface area contributed by atoms with Crippen LogP contribution in [0.3, 0.4) is 0 Å². The van der Waals surface area contributed by atoms with Crippen LogP contribution in [0, 0.1) is 13.8 Å². The Bertz CT molecular complexity index is 1320. The molecule has 0 aliphatic heterocycles. The Kier molecular flexibility index (Phi) is 6.21. The molecule has 2 heterocycles. The largest absolute Gasteiger partial charge is 0.348 e. The second kappa shape index (κ2) is 9.22. The highest BCUT2D eigenvalue weighted by molar-refractivity contribution is 5.90. The van der Waals surface area contributed by atoms with Crippen molar-refractivity contribution >= 4 is 22.4 Å². The van der Waals surface area contributed by atoms with Crippen LogP contribution in [-0.2, 0) is 17.8 Å². The monoisotopic (exact) mass is 428 g/mol. The van der Waals surface area contributed by atoms with E-state index in [1.165, 1.54) is 10.2 Å². The summed E-state index contributed by atoms with van der Waals surface area (Å²) in [6, 6.07) is 17.4. The Hall–Kier alpha value is -3.67. The Morgan fingerprint density at radius 3 is 2.56 bits per heavy atom. The predicted octanol–water partition coefficient (Wildman–Crippen LogP) is 4.79. The number of para-hydroxylation sites is 1. The van der Waals surface area contributed by atoms with Crippen molar-refractivity contribution in [2.24, 2.45) is 0 Å². The number of benzene rings is 2. The third-order valence-electron chi connectivity index (χ3n) is 5.94. The lowest BCUT2D eigenvalue weighted by Crippen LogP contribution is -2.21. The normalized spacial score (nSPS) is 11.1. The van der Waals surface area contributed by atoms with Crippen LogP contribution in [0.2, 0.25) is 0 Å². The van der Waals surface area contributed by atoms with Crippen molar-refractivity contribution in [3.63, 3.8) is 0 Å². The van der Waals surface area contributed by atoms with Gasteiger partial charge in [-0.25, -0.2) is 0 Å². The first-order valence-electron chi connectivity index (χ1n) is 11.0. The highest BCUT2D eigenvalue weighted by Crippen LogP contribution is 2.23. The van der Waals surface area contributed by atoms with Gasteiger partial charge in [0.25, 0.3) is 5.56 Å². The molecule has 0 bridgehead atoms. The SMILES string of the molecule is CCc1cccc(NC(=O)CCCn2c(C)c3cnn(-c4ccccc4)c(=O)c3c2C)c1. The molecule has 1 N–H and O–H groups in total. The first kappa shape index (κ1) is 21.6. The summed E-state index contributed by atoms with van der Waals surface area (Å²) in [5.41, 5.74) is 4.56. The number of fused-ring (bicyclic) bond motifs is 1. The van der Waals surface area contributed by atoms with E-state index in [0.717, 1.165) is 34.6 Å². The fraction of sp³-hybridized carbons (Fsp3) is 0.269. The van der Waals surface area contributed by atoms with Gasteiger partial charge < -0.3 is 9.88 Å². The molecule has 2 aromatic heterocycles. The molecule has 1 amide bonds. The molecule has 0 unspecified atom stereocenters. The summed E-state index contributed by atoms with van der Waals surface area (Å²) < 4.78 is 3.56. The van der Waals surface area contributed by atoms with Gasteiger partial charge in [0.2, 0.25) is 5.91 Å². The standard InChI is InChI=1S/C26H28N4O2/c1-4-20-10-8-11-21(16-20)28-24(31)14-9-15-29-18(2)23-17-27-30(22-12-6-5-7-13-22)26(32)25(23)19(29)3/h5-8,10-13,16-17H,4,9,14-15H2,1-3H3,(H,28,31). The van der Waals surface area contributed by atoms with Crippen LogP contribution in [0.4, 0.5) is 5.69 Å². The molecule has 32 heavy (non-hydrogen) atoms. The number of nitrogens with one attached hydrogen (secondary N) is 1. The van der Waals surface area contributed by atoms with Crippen molar-refractivity contribution in [2.75, 3.05) is 5.32 Å². The van der Waals surface area contributed by atoms with Crippen LogP contribution >= 0.6 is 0 Å². The van der Waals surface area contributed by atoms with E-state index < -0.39 is 0 Å². The van der Waals surface area contributed by atoms with Gasteiger partial charge in [-0.1, -0.05) is 37.3 Å². The van der Waals surface area contributed by atoms with Gasteiger partial charge in [0.05, 0.1) is 17.3 Å². The van der Waals surface area contributed by atoms with Gasteiger partial charge in [-0.05, 0) is 56.5 Å². The number of amides is 1. The van der Waals surface area contributed by atoms with Crippen molar-refractivity contribution in [1.82, 2.24) is 14.3 Å². The van der Waals surface area contributed by atoms with E-state index in [1.54, 1.807) is 6.20 Å². The van der Waals surface area contributed by atoms with E-state index in [0.29, 0.717) is 24.8 Å². The molecule has 0 atom stereocenters. The molecule has 4 aromatic rings. The number of anilines is 1. The third kappa shape index (κ3) is 4.21. The lowest BCUT2D eigenvalue weighted by atomic mass is 10.1. The molecule has 0 saturated carbocycles. The molecule has 0 fully saturated rings. The quantitative estimate of drug-likeness (QED) is 0.460. The van der Waals surface area contributed by atoms with Gasteiger partial charge in [0.15, 0.2) is 0 Å².